The van der Waals surface area contributed by atoms with Crippen LogP contribution in [-0.2, 0) is 17.1 Å². The summed E-state index contributed by atoms with van der Waals surface area (Å²) in [6.07, 6.45) is 0.683. The second-order valence-electron chi connectivity index (χ2n) is 5.35. The van der Waals surface area contributed by atoms with Gasteiger partial charge < -0.3 is 5.11 Å². The summed E-state index contributed by atoms with van der Waals surface area (Å²) >= 11 is 0. The van der Waals surface area contributed by atoms with E-state index in [4.69, 9.17) is 0 Å². The van der Waals surface area contributed by atoms with Crippen LogP contribution in [0, 0.1) is 5.92 Å². The molecule has 0 spiro atoms. The van der Waals surface area contributed by atoms with Crippen LogP contribution in [0.5, 0.6) is 0 Å². The van der Waals surface area contributed by atoms with E-state index in [0.717, 1.165) is 0 Å². The fourth-order valence-corrected chi connectivity index (χ4v) is 4.16. The molecule has 1 atom stereocenters. The Hall–Kier alpha value is -1.84. The van der Waals surface area contributed by atoms with Crippen molar-refractivity contribution in [3.8, 4) is 11.4 Å². The minimum atomic E-state index is -3.56. The molecule has 1 aliphatic rings. The maximum Gasteiger partial charge on any atom is 0.243 e. The SMILES string of the molecule is Cn1nnnc1-c1cccc(S(=O)(=O)N2CCC(CO)C2)c1. The zero-order chi connectivity index (χ0) is 15.7. The van der Waals surface area contributed by atoms with Crippen molar-refractivity contribution in [3.63, 3.8) is 0 Å². The molecular weight excluding hydrogens is 306 g/mol. The first-order valence-corrected chi connectivity index (χ1v) is 8.40. The first-order chi connectivity index (χ1) is 10.5. The van der Waals surface area contributed by atoms with Gasteiger partial charge in [0.2, 0.25) is 10.0 Å². The maximum atomic E-state index is 12.7. The standard InChI is InChI=1S/C13H17N5O3S/c1-17-13(14-15-16-17)11-3-2-4-12(7-11)22(20,21)18-6-5-10(8-18)9-19/h2-4,7,10,19H,5-6,8-9H2,1H3. The van der Waals surface area contributed by atoms with Crippen LogP contribution in [0.25, 0.3) is 11.4 Å². The zero-order valence-corrected chi connectivity index (χ0v) is 12.9. The summed E-state index contributed by atoms with van der Waals surface area (Å²) in [5.74, 6) is 0.521. The monoisotopic (exact) mass is 323 g/mol. The molecule has 1 aromatic heterocycles. The highest BCUT2D eigenvalue weighted by atomic mass is 32.2. The first-order valence-electron chi connectivity index (χ1n) is 6.96. The molecule has 2 heterocycles. The van der Waals surface area contributed by atoms with Gasteiger partial charge in [-0.05, 0) is 34.9 Å². The Morgan fingerprint density at radius 1 is 1.41 bits per heavy atom. The lowest BCUT2D eigenvalue weighted by atomic mass is 10.1. The van der Waals surface area contributed by atoms with Gasteiger partial charge >= 0.3 is 0 Å². The topological polar surface area (TPSA) is 101 Å². The molecule has 118 valence electrons. The van der Waals surface area contributed by atoms with Crippen molar-refractivity contribution in [3.05, 3.63) is 24.3 Å². The van der Waals surface area contributed by atoms with Gasteiger partial charge in [0.15, 0.2) is 5.82 Å². The number of rotatable bonds is 4. The lowest BCUT2D eigenvalue weighted by Crippen LogP contribution is -2.29. The van der Waals surface area contributed by atoms with Crippen LogP contribution in [-0.4, -0.2) is 57.7 Å². The Balaban J connectivity index is 1.94. The molecule has 1 N–H and O–H groups in total. The Bertz CT molecular complexity index is 773. The number of aliphatic hydroxyl groups excluding tert-OH is 1. The fraction of sp³-hybridized carbons (Fsp3) is 0.462. The van der Waals surface area contributed by atoms with Gasteiger partial charge in [-0.3, -0.25) is 0 Å². The smallest absolute Gasteiger partial charge is 0.243 e. The highest BCUT2D eigenvalue weighted by molar-refractivity contribution is 7.89. The van der Waals surface area contributed by atoms with E-state index in [1.807, 2.05) is 0 Å². The Labute approximate surface area is 128 Å². The van der Waals surface area contributed by atoms with Crippen LogP contribution in [0.15, 0.2) is 29.2 Å². The number of aryl methyl sites for hydroxylation is 1. The molecule has 0 amide bonds. The van der Waals surface area contributed by atoms with Gasteiger partial charge in [0.1, 0.15) is 0 Å². The molecule has 0 radical (unpaired) electrons. The lowest BCUT2D eigenvalue weighted by molar-refractivity contribution is 0.233. The first kappa shape index (κ1) is 15.1. The Morgan fingerprint density at radius 3 is 2.86 bits per heavy atom. The average molecular weight is 323 g/mol. The van der Waals surface area contributed by atoms with Crippen LogP contribution in [0.2, 0.25) is 0 Å². The van der Waals surface area contributed by atoms with Crippen LogP contribution >= 0.6 is 0 Å². The molecule has 1 fully saturated rings. The van der Waals surface area contributed by atoms with E-state index in [9.17, 15) is 13.5 Å². The molecule has 1 aromatic carbocycles. The summed E-state index contributed by atoms with van der Waals surface area (Å²) in [6, 6.07) is 6.59. The van der Waals surface area contributed by atoms with Gasteiger partial charge in [-0.1, -0.05) is 12.1 Å². The third-order valence-corrected chi connectivity index (χ3v) is 5.72. The van der Waals surface area contributed by atoms with Crippen molar-refractivity contribution in [2.24, 2.45) is 13.0 Å². The molecular formula is C13H17N5O3S. The third-order valence-electron chi connectivity index (χ3n) is 3.86. The second-order valence-corrected chi connectivity index (χ2v) is 7.29. The summed E-state index contributed by atoms with van der Waals surface area (Å²) < 4.78 is 28.3. The van der Waals surface area contributed by atoms with E-state index < -0.39 is 10.0 Å². The van der Waals surface area contributed by atoms with Crippen molar-refractivity contribution in [2.45, 2.75) is 11.3 Å². The van der Waals surface area contributed by atoms with Gasteiger partial charge in [-0.2, -0.15) is 4.31 Å². The number of hydrogen-bond donors (Lipinski definition) is 1. The summed E-state index contributed by atoms with van der Waals surface area (Å²) in [7, 11) is -1.87. The normalized spacial score (nSPS) is 19.6. The van der Waals surface area contributed by atoms with Crippen LogP contribution < -0.4 is 0 Å². The van der Waals surface area contributed by atoms with Gasteiger partial charge in [0.25, 0.3) is 0 Å². The van der Waals surface area contributed by atoms with Crippen molar-refractivity contribution < 1.29 is 13.5 Å². The Kier molecular flexibility index (Phi) is 3.94. The highest BCUT2D eigenvalue weighted by Crippen LogP contribution is 2.26. The van der Waals surface area contributed by atoms with Crippen LogP contribution in [0.4, 0.5) is 0 Å². The molecule has 0 aliphatic carbocycles. The third kappa shape index (κ3) is 2.62. The molecule has 1 saturated heterocycles. The molecule has 2 aromatic rings. The second kappa shape index (κ2) is 5.75. The molecule has 22 heavy (non-hydrogen) atoms. The largest absolute Gasteiger partial charge is 0.396 e. The van der Waals surface area contributed by atoms with Crippen molar-refractivity contribution in [2.75, 3.05) is 19.7 Å². The van der Waals surface area contributed by atoms with E-state index >= 15 is 0 Å². The van der Waals surface area contributed by atoms with Crippen molar-refractivity contribution in [1.82, 2.24) is 24.5 Å². The van der Waals surface area contributed by atoms with E-state index in [-0.39, 0.29) is 17.4 Å². The molecule has 0 bridgehead atoms. The summed E-state index contributed by atoms with van der Waals surface area (Å²) in [6.45, 7) is 0.800. The maximum absolute atomic E-state index is 12.7. The van der Waals surface area contributed by atoms with Gasteiger partial charge in [-0.25, -0.2) is 13.1 Å². The lowest BCUT2D eigenvalue weighted by Gasteiger charge is -2.16. The summed E-state index contributed by atoms with van der Waals surface area (Å²) in [5.41, 5.74) is 0.645. The number of nitrogens with zero attached hydrogens (tertiary/aromatic N) is 5. The predicted molar refractivity (Wildman–Crippen MR) is 78.2 cm³/mol. The number of tetrazole rings is 1. The summed E-state index contributed by atoms with van der Waals surface area (Å²) in [4.78, 5) is 0.214. The van der Waals surface area contributed by atoms with Crippen LogP contribution in [0.1, 0.15) is 6.42 Å². The number of aromatic nitrogens is 4. The van der Waals surface area contributed by atoms with Gasteiger partial charge in [0.05, 0.1) is 4.90 Å². The Morgan fingerprint density at radius 2 is 2.23 bits per heavy atom. The van der Waals surface area contributed by atoms with E-state index in [2.05, 4.69) is 15.5 Å². The number of aliphatic hydroxyl groups is 1. The highest BCUT2D eigenvalue weighted by Gasteiger charge is 2.32. The minimum Gasteiger partial charge on any atom is -0.396 e. The predicted octanol–water partition coefficient (Wildman–Crippen LogP) is -0.120. The van der Waals surface area contributed by atoms with Crippen LogP contribution in [0.3, 0.4) is 0 Å². The minimum absolute atomic E-state index is 0.0106. The van der Waals surface area contributed by atoms with Crippen molar-refractivity contribution in [1.29, 1.82) is 0 Å². The van der Waals surface area contributed by atoms with E-state index in [1.54, 1.807) is 31.3 Å². The van der Waals surface area contributed by atoms with E-state index in [1.165, 1.54) is 8.99 Å². The molecule has 1 aliphatic heterocycles. The molecule has 3 rings (SSSR count). The molecule has 1 unspecified atom stereocenters. The molecule has 8 nitrogen and oxygen atoms in total. The average Bonchev–Trinajstić information content (AvgIpc) is 3.16. The summed E-state index contributed by atoms with van der Waals surface area (Å²) in [5, 5.41) is 20.4. The fourth-order valence-electron chi connectivity index (χ4n) is 2.58. The molecule has 9 heteroatoms. The number of sulfonamides is 1. The molecule has 0 saturated carbocycles. The van der Waals surface area contributed by atoms with E-state index in [0.29, 0.717) is 30.9 Å². The van der Waals surface area contributed by atoms with Gasteiger partial charge in [0, 0.05) is 32.3 Å². The number of hydrogen-bond acceptors (Lipinski definition) is 6. The van der Waals surface area contributed by atoms with Gasteiger partial charge in [-0.15, -0.1) is 5.10 Å². The number of benzene rings is 1. The quantitative estimate of drug-likeness (QED) is 0.842. The van der Waals surface area contributed by atoms with Crippen molar-refractivity contribution >= 4 is 10.0 Å². The zero-order valence-electron chi connectivity index (χ0n) is 12.1.